The lowest BCUT2D eigenvalue weighted by atomic mass is 10.2. The minimum Gasteiger partial charge on any atom is -0.466 e. The molecular formula is C13H18N4O2. The summed E-state index contributed by atoms with van der Waals surface area (Å²) in [6.07, 6.45) is 0. The molecule has 2 aromatic rings. The highest BCUT2D eigenvalue weighted by Crippen LogP contribution is 2.27. The lowest BCUT2D eigenvalue weighted by Crippen LogP contribution is -2.44. The number of furan rings is 1. The Hall–Kier alpha value is -1.66. The van der Waals surface area contributed by atoms with Gasteiger partial charge in [-0.05, 0) is 27.0 Å². The van der Waals surface area contributed by atoms with Gasteiger partial charge in [0.15, 0.2) is 5.82 Å². The van der Waals surface area contributed by atoms with Gasteiger partial charge in [0, 0.05) is 19.6 Å². The van der Waals surface area contributed by atoms with Gasteiger partial charge in [-0.3, -0.25) is 4.90 Å². The Kier molecular flexibility index (Phi) is 3.12. The van der Waals surface area contributed by atoms with Crippen molar-refractivity contribution in [2.24, 2.45) is 0 Å². The summed E-state index contributed by atoms with van der Waals surface area (Å²) in [6.45, 7) is 6.64. The molecule has 0 saturated carbocycles. The van der Waals surface area contributed by atoms with Crippen LogP contribution in [0.2, 0.25) is 0 Å². The largest absolute Gasteiger partial charge is 0.466 e. The van der Waals surface area contributed by atoms with Gasteiger partial charge in [0.1, 0.15) is 11.5 Å². The second-order valence-corrected chi connectivity index (χ2v) is 4.99. The van der Waals surface area contributed by atoms with Crippen LogP contribution in [0.25, 0.3) is 11.5 Å². The van der Waals surface area contributed by atoms with E-state index in [4.69, 9.17) is 8.94 Å². The van der Waals surface area contributed by atoms with Crippen LogP contribution in [0.4, 0.5) is 0 Å². The monoisotopic (exact) mass is 262 g/mol. The van der Waals surface area contributed by atoms with Crippen LogP contribution in [0.1, 0.15) is 23.4 Å². The third-order valence-electron chi connectivity index (χ3n) is 3.52. The van der Waals surface area contributed by atoms with Gasteiger partial charge in [-0.2, -0.15) is 4.98 Å². The van der Waals surface area contributed by atoms with E-state index in [1.54, 1.807) is 0 Å². The highest BCUT2D eigenvalue weighted by atomic mass is 16.5. The number of nitrogens with one attached hydrogen (secondary N) is 1. The van der Waals surface area contributed by atoms with E-state index in [0.29, 0.717) is 5.89 Å². The first kappa shape index (κ1) is 12.4. The van der Waals surface area contributed by atoms with E-state index in [-0.39, 0.29) is 6.04 Å². The summed E-state index contributed by atoms with van der Waals surface area (Å²) in [7, 11) is 2.08. The van der Waals surface area contributed by atoms with Gasteiger partial charge in [-0.1, -0.05) is 5.16 Å². The summed E-state index contributed by atoms with van der Waals surface area (Å²) in [5.41, 5.74) is 0.877. The fourth-order valence-electron chi connectivity index (χ4n) is 2.42. The zero-order valence-corrected chi connectivity index (χ0v) is 11.4. The predicted molar refractivity (Wildman–Crippen MR) is 69.7 cm³/mol. The Balaban J connectivity index is 1.88. The zero-order valence-electron chi connectivity index (χ0n) is 11.4. The first-order chi connectivity index (χ1) is 9.15. The average Bonchev–Trinajstić information content (AvgIpc) is 2.96. The molecule has 0 spiro atoms. The molecule has 3 heterocycles. The summed E-state index contributed by atoms with van der Waals surface area (Å²) in [5.74, 6) is 2.91. The van der Waals surface area contributed by atoms with Crippen molar-refractivity contribution in [1.82, 2.24) is 20.4 Å². The molecule has 1 aliphatic heterocycles. The lowest BCUT2D eigenvalue weighted by Gasteiger charge is -2.30. The number of rotatable bonds is 2. The normalized spacial score (nSPS) is 20.9. The molecule has 0 aliphatic carbocycles. The van der Waals surface area contributed by atoms with Crippen LogP contribution in [0.3, 0.4) is 0 Å². The fraction of sp³-hybridized carbons (Fsp3) is 0.538. The van der Waals surface area contributed by atoms with E-state index in [0.717, 1.165) is 42.5 Å². The Morgan fingerprint density at radius 2 is 2.26 bits per heavy atom. The molecule has 0 radical (unpaired) electrons. The van der Waals surface area contributed by atoms with Gasteiger partial charge in [0.2, 0.25) is 0 Å². The van der Waals surface area contributed by atoms with Gasteiger partial charge < -0.3 is 14.3 Å². The number of aromatic nitrogens is 2. The Bertz CT molecular complexity index is 575. The van der Waals surface area contributed by atoms with Crippen molar-refractivity contribution in [3.8, 4) is 11.5 Å². The van der Waals surface area contributed by atoms with Gasteiger partial charge in [0.25, 0.3) is 5.89 Å². The standard InChI is InChI=1S/C13H18N4O2/c1-8-6-10(9(2)18-8)13-15-12(16-19-13)11-7-14-4-5-17(11)3/h6,11,14H,4-5,7H2,1-3H3. The number of piperazine rings is 1. The van der Waals surface area contributed by atoms with E-state index in [2.05, 4.69) is 27.4 Å². The van der Waals surface area contributed by atoms with Gasteiger partial charge in [-0.15, -0.1) is 0 Å². The molecule has 6 heteroatoms. The molecule has 0 amide bonds. The van der Waals surface area contributed by atoms with Crippen LogP contribution < -0.4 is 5.32 Å². The third kappa shape index (κ3) is 2.29. The van der Waals surface area contributed by atoms with Gasteiger partial charge >= 0.3 is 0 Å². The second kappa shape index (κ2) is 4.79. The molecule has 3 rings (SSSR count). The molecule has 19 heavy (non-hydrogen) atoms. The topological polar surface area (TPSA) is 67.3 Å². The van der Waals surface area contributed by atoms with Crippen LogP contribution in [0, 0.1) is 13.8 Å². The first-order valence-electron chi connectivity index (χ1n) is 6.47. The highest BCUT2D eigenvalue weighted by Gasteiger charge is 2.26. The minimum absolute atomic E-state index is 0.166. The van der Waals surface area contributed by atoms with E-state index >= 15 is 0 Å². The second-order valence-electron chi connectivity index (χ2n) is 4.99. The molecule has 2 aromatic heterocycles. The predicted octanol–water partition coefficient (Wildman–Crippen LogP) is 1.52. The van der Waals surface area contributed by atoms with Crippen molar-refractivity contribution in [2.45, 2.75) is 19.9 Å². The number of aryl methyl sites for hydroxylation is 2. The molecule has 1 N–H and O–H groups in total. The number of hydrogen-bond donors (Lipinski definition) is 1. The van der Waals surface area contributed by atoms with Crippen LogP contribution in [0.15, 0.2) is 15.0 Å². The maximum Gasteiger partial charge on any atom is 0.261 e. The van der Waals surface area contributed by atoms with Gasteiger partial charge in [0.05, 0.1) is 11.6 Å². The molecule has 1 aliphatic rings. The van der Waals surface area contributed by atoms with Crippen LogP contribution in [-0.4, -0.2) is 41.7 Å². The van der Waals surface area contributed by atoms with Crippen molar-refractivity contribution in [3.63, 3.8) is 0 Å². The SMILES string of the molecule is Cc1cc(-c2nc(C3CNCCN3C)no2)c(C)o1. The summed E-state index contributed by atoms with van der Waals surface area (Å²) in [5, 5.41) is 7.45. The van der Waals surface area contributed by atoms with E-state index in [9.17, 15) is 0 Å². The summed E-state index contributed by atoms with van der Waals surface area (Å²) >= 11 is 0. The molecule has 102 valence electrons. The third-order valence-corrected chi connectivity index (χ3v) is 3.52. The number of nitrogens with zero attached hydrogens (tertiary/aromatic N) is 3. The van der Waals surface area contributed by atoms with Crippen molar-refractivity contribution < 1.29 is 8.94 Å². The van der Waals surface area contributed by atoms with Crippen LogP contribution >= 0.6 is 0 Å². The van der Waals surface area contributed by atoms with Crippen LogP contribution in [0.5, 0.6) is 0 Å². The summed E-state index contributed by atoms with van der Waals surface area (Å²) in [6, 6.07) is 2.09. The minimum atomic E-state index is 0.166. The molecule has 1 atom stereocenters. The summed E-state index contributed by atoms with van der Waals surface area (Å²) in [4.78, 5) is 6.74. The molecule has 1 saturated heterocycles. The maximum absolute atomic E-state index is 5.49. The fourth-order valence-corrected chi connectivity index (χ4v) is 2.42. The van der Waals surface area contributed by atoms with E-state index in [1.807, 2.05) is 19.9 Å². The molecule has 1 fully saturated rings. The zero-order chi connectivity index (χ0) is 13.4. The van der Waals surface area contributed by atoms with E-state index < -0.39 is 0 Å². The number of likely N-dealkylation sites (N-methyl/N-ethyl adjacent to an activating group) is 1. The van der Waals surface area contributed by atoms with Crippen molar-refractivity contribution in [1.29, 1.82) is 0 Å². The summed E-state index contributed by atoms with van der Waals surface area (Å²) < 4.78 is 10.9. The molecule has 0 aromatic carbocycles. The quantitative estimate of drug-likeness (QED) is 0.885. The van der Waals surface area contributed by atoms with Crippen molar-refractivity contribution >= 4 is 0 Å². The lowest BCUT2D eigenvalue weighted by molar-refractivity contribution is 0.190. The van der Waals surface area contributed by atoms with Crippen molar-refractivity contribution in [3.05, 3.63) is 23.4 Å². The molecular weight excluding hydrogens is 244 g/mol. The van der Waals surface area contributed by atoms with Crippen LogP contribution in [-0.2, 0) is 0 Å². The Morgan fingerprint density at radius 3 is 2.95 bits per heavy atom. The number of hydrogen-bond acceptors (Lipinski definition) is 6. The molecule has 1 unspecified atom stereocenters. The maximum atomic E-state index is 5.49. The van der Waals surface area contributed by atoms with Gasteiger partial charge in [-0.25, -0.2) is 0 Å². The molecule has 6 nitrogen and oxygen atoms in total. The average molecular weight is 262 g/mol. The smallest absolute Gasteiger partial charge is 0.261 e. The Labute approximate surface area is 111 Å². The highest BCUT2D eigenvalue weighted by molar-refractivity contribution is 5.56. The van der Waals surface area contributed by atoms with Crippen molar-refractivity contribution in [2.75, 3.05) is 26.7 Å². The van der Waals surface area contributed by atoms with E-state index in [1.165, 1.54) is 0 Å². The Morgan fingerprint density at radius 1 is 1.42 bits per heavy atom. The first-order valence-corrected chi connectivity index (χ1v) is 6.47. The molecule has 0 bridgehead atoms.